The molecule has 2 aromatic heterocycles. The quantitative estimate of drug-likeness (QED) is 0.0956. The van der Waals surface area contributed by atoms with Crippen LogP contribution in [0.4, 0.5) is 9.59 Å². The number of carbonyl (C=O) groups is 4. The van der Waals surface area contributed by atoms with Gasteiger partial charge in [-0.2, -0.15) is 0 Å². The highest BCUT2D eigenvalue weighted by molar-refractivity contribution is 5.90. The molecule has 4 amide bonds. The van der Waals surface area contributed by atoms with Gasteiger partial charge < -0.3 is 39.9 Å². The second-order valence-electron chi connectivity index (χ2n) is 21.8. The van der Waals surface area contributed by atoms with Crippen LogP contribution < -0.4 is 10.6 Å². The summed E-state index contributed by atoms with van der Waals surface area (Å²) in [5.74, 6) is 1.000. The molecule has 4 aliphatic rings. The standard InChI is InChI=1S/C56H70N8O6/c1-31(2)47(61-53(67)69-9)51(65)63-25-13-19-41(63)49-57-29-39(59-49)33-15-11-17-35(27-33)43-37-21-23-56(7,8)46(37)44(38-22-24-55(5,6)45(38)43)36-18-12-16-34(28-36)40-30-58-50(60-40)42-20-14-26-64(42)52(66)48(32(3)4)62-54(68)70-10/h11-12,15-18,27-32,41-42,47-48H,13-14,19-26H2,1-10H3,(H,57,59)(H,58,60)(H,61,67)(H,62,68)/t41-,42-,47+,48?/m0/s1. The Bertz CT molecular complexity index is 2630. The van der Waals surface area contributed by atoms with Crippen molar-refractivity contribution < 1.29 is 28.7 Å². The number of benzene rings is 3. The molecule has 4 N–H and O–H groups in total. The van der Waals surface area contributed by atoms with Gasteiger partial charge in [-0.1, -0.05) is 91.8 Å². The van der Waals surface area contributed by atoms with Gasteiger partial charge in [0.2, 0.25) is 11.8 Å². The molecule has 4 heterocycles. The number of imidazole rings is 2. The van der Waals surface area contributed by atoms with Crippen LogP contribution in [0.25, 0.3) is 44.8 Å². The van der Waals surface area contributed by atoms with Crippen LogP contribution in [0.2, 0.25) is 0 Å². The molecule has 0 saturated carbocycles. The summed E-state index contributed by atoms with van der Waals surface area (Å²) in [7, 11) is 2.62. The van der Waals surface area contributed by atoms with E-state index in [9.17, 15) is 19.2 Å². The molecule has 70 heavy (non-hydrogen) atoms. The maximum atomic E-state index is 13.9. The monoisotopic (exact) mass is 951 g/mol. The van der Waals surface area contributed by atoms with E-state index in [4.69, 9.17) is 19.4 Å². The summed E-state index contributed by atoms with van der Waals surface area (Å²) >= 11 is 0. The van der Waals surface area contributed by atoms with Gasteiger partial charge in [0, 0.05) is 24.2 Å². The SMILES string of the molecule is COC(=O)NC(C(=O)N1CCC[C@H]1c1ncc(-c2cccc(-c3c4c(c(-c5cccc(-c6cnc([C@@H]7CCCN7C(=O)[C@H](NC(=O)OC)C(C)C)[nH]6)c5)c5c3C(C)(C)CC5)C(C)(C)CC4)c2)[nH]1)C(C)C. The molecule has 2 aliphatic heterocycles. The van der Waals surface area contributed by atoms with Gasteiger partial charge in [-0.3, -0.25) is 9.59 Å². The molecule has 2 aliphatic carbocycles. The number of amides is 4. The van der Waals surface area contributed by atoms with Gasteiger partial charge in [0.25, 0.3) is 0 Å². The van der Waals surface area contributed by atoms with Crippen molar-refractivity contribution in [3.8, 4) is 44.8 Å². The van der Waals surface area contributed by atoms with Crippen LogP contribution in [0.5, 0.6) is 0 Å². The lowest BCUT2D eigenvalue weighted by atomic mass is 9.73. The van der Waals surface area contributed by atoms with Crippen LogP contribution in [0.1, 0.15) is 140 Å². The molecule has 1 unspecified atom stereocenters. The first-order valence-corrected chi connectivity index (χ1v) is 25.3. The Labute approximate surface area is 412 Å². The van der Waals surface area contributed by atoms with Crippen LogP contribution in [-0.2, 0) is 42.7 Å². The fraction of sp³-hybridized carbons (Fsp3) is 0.500. The van der Waals surface area contributed by atoms with E-state index in [2.05, 4.69) is 96.8 Å². The Morgan fingerprint density at radius 1 is 0.629 bits per heavy atom. The topological polar surface area (TPSA) is 175 Å². The number of H-pyrrole nitrogens is 2. The average molecular weight is 951 g/mol. The van der Waals surface area contributed by atoms with Gasteiger partial charge in [0.1, 0.15) is 23.7 Å². The van der Waals surface area contributed by atoms with E-state index < -0.39 is 24.3 Å². The first-order chi connectivity index (χ1) is 33.4. The molecule has 4 atom stereocenters. The predicted octanol–water partition coefficient (Wildman–Crippen LogP) is 10.3. The summed E-state index contributed by atoms with van der Waals surface area (Å²) in [5, 5.41) is 5.50. The molecule has 2 fully saturated rings. The van der Waals surface area contributed by atoms with E-state index in [-0.39, 0.29) is 46.6 Å². The van der Waals surface area contributed by atoms with Crippen molar-refractivity contribution in [2.24, 2.45) is 11.8 Å². The first-order valence-electron chi connectivity index (χ1n) is 25.3. The zero-order chi connectivity index (χ0) is 49.8. The lowest BCUT2D eigenvalue weighted by molar-refractivity contribution is -0.136. The number of alkyl carbamates (subject to hydrolysis) is 2. The number of hydrogen-bond donors (Lipinski definition) is 4. The van der Waals surface area contributed by atoms with Crippen molar-refractivity contribution in [2.45, 2.75) is 142 Å². The van der Waals surface area contributed by atoms with Crippen molar-refractivity contribution in [3.63, 3.8) is 0 Å². The van der Waals surface area contributed by atoms with Gasteiger partial charge in [0.05, 0.1) is 50.1 Å². The van der Waals surface area contributed by atoms with Crippen molar-refractivity contribution in [1.82, 2.24) is 40.4 Å². The summed E-state index contributed by atoms with van der Waals surface area (Å²) in [5.41, 5.74) is 14.6. The third-order valence-corrected chi connectivity index (χ3v) is 15.7. The lowest BCUT2D eigenvalue weighted by Gasteiger charge is -2.31. The molecule has 9 rings (SSSR count). The molecule has 2 saturated heterocycles. The van der Waals surface area contributed by atoms with Gasteiger partial charge in [-0.25, -0.2) is 19.6 Å². The highest BCUT2D eigenvalue weighted by atomic mass is 16.5. The molecular weight excluding hydrogens is 881 g/mol. The molecule has 370 valence electrons. The zero-order valence-corrected chi connectivity index (χ0v) is 42.5. The maximum absolute atomic E-state index is 13.9. The van der Waals surface area contributed by atoms with Crippen LogP contribution >= 0.6 is 0 Å². The van der Waals surface area contributed by atoms with Crippen LogP contribution in [0, 0.1) is 11.8 Å². The summed E-state index contributed by atoms with van der Waals surface area (Å²) < 4.78 is 9.69. The number of ether oxygens (including phenoxy) is 2. The Kier molecular flexibility index (Phi) is 13.2. The third kappa shape index (κ3) is 8.87. The van der Waals surface area contributed by atoms with Crippen LogP contribution in [0.3, 0.4) is 0 Å². The number of methoxy groups -OCH3 is 2. The largest absolute Gasteiger partial charge is 0.453 e. The third-order valence-electron chi connectivity index (χ3n) is 15.7. The smallest absolute Gasteiger partial charge is 0.407 e. The van der Waals surface area contributed by atoms with Crippen molar-refractivity contribution >= 4 is 24.0 Å². The minimum Gasteiger partial charge on any atom is -0.453 e. The lowest BCUT2D eigenvalue weighted by Crippen LogP contribution is -2.51. The summed E-state index contributed by atoms with van der Waals surface area (Å²) in [4.78, 5) is 72.9. The van der Waals surface area contributed by atoms with E-state index in [0.717, 1.165) is 85.5 Å². The Balaban J connectivity index is 1.05. The number of carbonyl (C=O) groups excluding carboxylic acids is 4. The molecule has 0 radical (unpaired) electrons. The second kappa shape index (κ2) is 19.0. The van der Waals surface area contributed by atoms with Gasteiger partial charge in [0.15, 0.2) is 0 Å². The molecule has 14 heteroatoms. The fourth-order valence-electron chi connectivity index (χ4n) is 12.0. The number of nitrogens with zero attached hydrogens (tertiary/aromatic N) is 4. The number of hydrogen-bond acceptors (Lipinski definition) is 8. The number of aromatic nitrogens is 4. The van der Waals surface area contributed by atoms with E-state index in [0.29, 0.717) is 13.1 Å². The second-order valence-corrected chi connectivity index (χ2v) is 21.8. The molecule has 14 nitrogen and oxygen atoms in total. The molecular formula is C56H70N8O6. The van der Waals surface area contributed by atoms with Crippen LogP contribution in [-0.4, -0.2) is 93.1 Å². The van der Waals surface area contributed by atoms with Gasteiger partial charge in [-0.15, -0.1) is 0 Å². The average Bonchev–Trinajstić information content (AvgIpc) is 4.21. The number of aromatic amines is 2. The number of likely N-dealkylation sites (tertiary alicyclic amines) is 2. The normalized spacial score (nSPS) is 19.8. The first kappa shape index (κ1) is 48.6. The Hall–Kier alpha value is -6.44. The van der Waals surface area contributed by atoms with Gasteiger partial charge >= 0.3 is 12.2 Å². The van der Waals surface area contributed by atoms with Gasteiger partial charge in [-0.05, 0) is 131 Å². The number of nitrogens with one attached hydrogen (secondary N) is 4. The highest BCUT2D eigenvalue weighted by Gasteiger charge is 2.44. The minimum atomic E-state index is -0.701. The summed E-state index contributed by atoms with van der Waals surface area (Å²) in [6.07, 6.45) is 9.85. The number of rotatable bonds is 12. The Morgan fingerprint density at radius 3 is 1.39 bits per heavy atom. The molecule has 0 spiro atoms. The molecule has 0 bridgehead atoms. The van der Waals surface area contributed by atoms with E-state index in [1.54, 1.807) is 0 Å². The highest BCUT2D eigenvalue weighted by Crippen LogP contribution is 2.57. The van der Waals surface area contributed by atoms with Crippen molar-refractivity contribution in [1.29, 1.82) is 0 Å². The minimum absolute atomic E-state index is 0.0607. The van der Waals surface area contributed by atoms with E-state index in [1.807, 2.05) is 49.9 Å². The van der Waals surface area contributed by atoms with Crippen LogP contribution in [0.15, 0.2) is 60.9 Å². The number of fused-ring (bicyclic) bond motifs is 2. The zero-order valence-electron chi connectivity index (χ0n) is 42.5. The summed E-state index contributed by atoms with van der Waals surface area (Å²) in [6, 6.07) is 15.9. The predicted molar refractivity (Wildman–Crippen MR) is 271 cm³/mol. The van der Waals surface area contributed by atoms with E-state index in [1.165, 1.54) is 58.7 Å². The maximum Gasteiger partial charge on any atom is 0.407 e. The molecule has 3 aromatic carbocycles. The Morgan fingerprint density at radius 2 is 1.01 bits per heavy atom. The fourth-order valence-corrected chi connectivity index (χ4v) is 12.0. The summed E-state index contributed by atoms with van der Waals surface area (Å²) in [6.45, 7) is 18.5. The van der Waals surface area contributed by atoms with Crippen molar-refractivity contribution in [3.05, 3.63) is 94.8 Å². The van der Waals surface area contributed by atoms with Crippen molar-refractivity contribution in [2.75, 3.05) is 27.3 Å². The molecule has 5 aromatic rings. The van der Waals surface area contributed by atoms with E-state index >= 15 is 0 Å².